The number of ether oxygens (including phenoxy) is 1. The minimum absolute atomic E-state index is 0.485. The van der Waals surface area contributed by atoms with Crippen LogP contribution in [0.3, 0.4) is 0 Å². The Balaban J connectivity index is 2.03. The second kappa shape index (κ2) is 5.32. The highest BCUT2D eigenvalue weighted by Gasteiger charge is 2.00. The SMILES string of the molecule is Clc1cc(COc2cccnc2)ccc1Br. The van der Waals surface area contributed by atoms with Gasteiger partial charge in [0, 0.05) is 10.7 Å². The van der Waals surface area contributed by atoms with Crippen molar-refractivity contribution in [3.63, 3.8) is 0 Å². The van der Waals surface area contributed by atoms with Gasteiger partial charge in [0.05, 0.1) is 11.2 Å². The Hall–Kier alpha value is -1.06. The molecule has 0 fully saturated rings. The maximum Gasteiger partial charge on any atom is 0.138 e. The highest BCUT2D eigenvalue weighted by atomic mass is 79.9. The Morgan fingerprint density at radius 3 is 2.88 bits per heavy atom. The number of hydrogen-bond acceptors (Lipinski definition) is 2. The molecule has 0 aliphatic carbocycles. The van der Waals surface area contributed by atoms with Gasteiger partial charge in [-0.3, -0.25) is 4.98 Å². The van der Waals surface area contributed by atoms with Crippen molar-refractivity contribution in [2.45, 2.75) is 6.61 Å². The van der Waals surface area contributed by atoms with Crippen LogP contribution in [0.4, 0.5) is 0 Å². The highest BCUT2D eigenvalue weighted by Crippen LogP contribution is 2.23. The van der Waals surface area contributed by atoms with E-state index < -0.39 is 0 Å². The minimum Gasteiger partial charge on any atom is -0.487 e. The summed E-state index contributed by atoms with van der Waals surface area (Å²) in [7, 11) is 0. The smallest absolute Gasteiger partial charge is 0.138 e. The van der Waals surface area contributed by atoms with Crippen molar-refractivity contribution in [2.24, 2.45) is 0 Å². The molecule has 4 heteroatoms. The molecule has 0 atom stereocenters. The third kappa shape index (κ3) is 2.97. The van der Waals surface area contributed by atoms with Crippen LogP contribution in [-0.4, -0.2) is 4.98 Å². The number of halogens is 2. The van der Waals surface area contributed by atoms with Crippen LogP contribution in [0.1, 0.15) is 5.56 Å². The summed E-state index contributed by atoms with van der Waals surface area (Å²) >= 11 is 9.32. The number of rotatable bonds is 3. The van der Waals surface area contributed by atoms with Gasteiger partial charge >= 0.3 is 0 Å². The summed E-state index contributed by atoms with van der Waals surface area (Å²) < 4.78 is 6.44. The first-order valence-corrected chi connectivity index (χ1v) is 5.89. The molecule has 0 aliphatic heterocycles. The quantitative estimate of drug-likeness (QED) is 0.852. The summed E-state index contributed by atoms with van der Waals surface area (Å²) in [4.78, 5) is 3.97. The third-order valence-electron chi connectivity index (χ3n) is 2.02. The van der Waals surface area contributed by atoms with Crippen LogP contribution in [-0.2, 0) is 6.61 Å². The Morgan fingerprint density at radius 2 is 2.19 bits per heavy atom. The molecule has 2 rings (SSSR count). The molecule has 2 nitrogen and oxygen atoms in total. The monoisotopic (exact) mass is 297 g/mol. The molecule has 0 unspecified atom stereocenters. The summed E-state index contributed by atoms with van der Waals surface area (Å²) in [6.07, 6.45) is 3.39. The Bertz CT molecular complexity index is 476. The van der Waals surface area contributed by atoms with Crippen molar-refractivity contribution >= 4 is 27.5 Å². The van der Waals surface area contributed by atoms with E-state index in [0.29, 0.717) is 11.6 Å². The van der Waals surface area contributed by atoms with Crippen LogP contribution in [0.25, 0.3) is 0 Å². The molecule has 0 N–H and O–H groups in total. The Kier molecular flexibility index (Phi) is 3.80. The molecule has 82 valence electrons. The van der Waals surface area contributed by atoms with Crippen LogP contribution in [0.5, 0.6) is 5.75 Å². The molecule has 0 aliphatic rings. The molecular weight excluding hydrogens is 289 g/mol. The first-order chi connectivity index (χ1) is 7.75. The van der Waals surface area contributed by atoms with Crippen LogP contribution in [0.2, 0.25) is 5.02 Å². The van der Waals surface area contributed by atoms with Crippen molar-refractivity contribution in [1.82, 2.24) is 4.98 Å². The van der Waals surface area contributed by atoms with Crippen molar-refractivity contribution < 1.29 is 4.74 Å². The van der Waals surface area contributed by atoms with Gasteiger partial charge in [0.2, 0.25) is 0 Å². The minimum atomic E-state index is 0.485. The number of nitrogens with zero attached hydrogens (tertiary/aromatic N) is 1. The number of hydrogen-bond donors (Lipinski definition) is 0. The lowest BCUT2D eigenvalue weighted by atomic mass is 10.2. The summed E-state index contributed by atoms with van der Waals surface area (Å²) in [6, 6.07) is 9.45. The maximum atomic E-state index is 5.98. The lowest BCUT2D eigenvalue weighted by molar-refractivity contribution is 0.305. The predicted molar refractivity (Wildman–Crippen MR) is 67.7 cm³/mol. The van der Waals surface area contributed by atoms with Crippen molar-refractivity contribution in [3.8, 4) is 5.75 Å². The summed E-state index contributed by atoms with van der Waals surface area (Å²) in [5.41, 5.74) is 1.03. The van der Waals surface area contributed by atoms with Crippen molar-refractivity contribution in [3.05, 3.63) is 57.8 Å². The molecule has 0 radical (unpaired) electrons. The zero-order chi connectivity index (χ0) is 11.4. The Morgan fingerprint density at radius 1 is 1.31 bits per heavy atom. The zero-order valence-electron chi connectivity index (χ0n) is 8.36. The normalized spacial score (nSPS) is 10.1. The van der Waals surface area contributed by atoms with Crippen LogP contribution < -0.4 is 4.74 Å². The van der Waals surface area contributed by atoms with E-state index in [1.54, 1.807) is 12.4 Å². The fourth-order valence-electron chi connectivity index (χ4n) is 1.23. The maximum absolute atomic E-state index is 5.98. The molecule has 2 aromatic rings. The molecule has 0 bridgehead atoms. The van der Waals surface area contributed by atoms with Gasteiger partial charge in [0.15, 0.2) is 0 Å². The van der Waals surface area contributed by atoms with Gasteiger partial charge in [-0.25, -0.2) is 0 Å². The largest absolute Gasteiger partial charge is 0.487 e. The highest BCUT2D eigenvalue weighted by molar-refractivity contribution is 9.10. The van der Waals surface area contributed by atoms with E-state index in [4.69, 9.17) is 16.3 Å². The van der Waals surface area contributed by atoms with E-state index in [0.717, 1.165) is 15.8 Å². The lowest BCUT2D eigenvalue weighted by Crippen LogP contribution is -1.95. The van der Waals surface area contributed by atoms with E-state index in [-0.39, 0.29) is 0 Å². The molecule has 0 spiro atoms. The van der Waals surface area contributed by atoms with E-state index in [9.17, 15) is 0 Å². The molecule has 0 saturated heterocycles. The van der Waals surface area contributed by atoms with Crippen molar-refractivity contribution in [2.75, 3.05) is 0 Å². The third-order valence-corrected chi connectivity index (χ3v) is 3.26. The second-order valence-corrected chi connectivity index (χ2v) is 4.49. The molecule has 1 heterocycles. The van der Waals surface area contributed by atoms with Crippen molar-refractivity contribution in [1.29, 1.82) is 0 Å². The van der Waals surface area contributed by atoms with Crippen LogP contribution in [0.15, 0.2) is 47.2 Å². The van der Waals surface area contributed by atoms with E-state index in [2.05, 4.69) is 20.9 Å². The summed E-state index contributed by atoms with van der Waals surface area (Å²) in [5.74, 6) is 0.751. The average molecular weight is 299 g/mol. The second-order valence-electron chi connectivity index (χ2n) is 3.23. The first kappa shape index (κ1) is 11.4. The molecule has 0 amide bonds. The number of benzene rings is 1. The summed E-state index contributed by atoms with van der Waals surface area (Å²) in [6.45, 7) is 0.485. The Labute approximate surface area is 107 Å². The number of aromatic nitrogens is 1. The van der Waals surface area contributed by atoms with E-state index in [1.165, 1.54) is 0 Å². The van der Waals surface area contributed by atoms with Gasteiger partial charge in [-0.2, -0.15) is 0 Å². The predicted octanol–water partition coefficient (Wildman–Crippen LogP) is 4.08. The summed E-state index contributed by atoms with van der Waals surface area (Å²) in [5, 5.41) is 0.687. The standard InChI is InChI=1S/C12H9BrClNO/c13-11-4-3-9(6-12(11)14)8-16-10-2-1-5-15-7-10/h1-7H,8H2. The first-order valence-electron chi connectivity index (χ1n) is 4.72. The van der Waals surface area contributed by atoms with E-state index in [1.807, 2.05) is 30.3 Å². The topological polar surface area (TPSA) is 22.1 Å². The number of pyridine rings is 1. The molecule has 1 aromatic carbocycles. The van der Waals surface area contributed by atoms with Gasteiger partial charge in [-0.05, 0) is 45.8 Å². The van der Waals surface area contributed by atoms with Crippen LogP contribution in [0, 0.1) is 0 Å². The average Bonchev–Trinajstić information content (AvgIpc) is 2.32. The molecule has 16 heavy (non-hydrogen) atoms. The van der Waals surface area contributed by atoms with Crippen LogP contribution >= 0.6 is 27.5 Å². The fourth-order valence-corrected chi connectivity index (χ4v) is 1.68. The van der Waals surface area contributed by atoms with Gasteiger partial charge < -0.3 is 4.74 Å². The van der Waals surface area contributed by atoms with Gasteiger partial charge in [0.25, 0.3) is 0 Å². The van der Waals surface area contributed by atoms with Gasteiger partial charge in [0.1, 0.15) is 12.4 Å². The van der Waals surface area contributed by atoms with Gasteiger partial charge in [-0.1, -0.05) is 17.7 Å². The lowest BCUT2D eigenvalue weighted by Gasteiger charge is -2.06. The fraction of sp³-hybridized carbons (Fsp3) is 0.0833. The van der Waals surface area contributed by atoms with E-state index >= 15 is 0 Å². The zero-order valence-corrected chi connectivity index (χ0v) is 10.7. The molecule has 0 saturated carbocycles. The van der Waals surface area contributed by atoms with Gasteiger partial charge in [-0.15, -0.1) is 0 Å². The molecular formula is C12H9BrClNO. The molecule has 1 aromatic heterocycles.